The summed E-state index contributed by atoms with van der Waals surface area (Å²) in [6.45, 7) is -1.32. The summed E-state index contributed by atoms with van der Waals surface area (Å²) >= 11 is 0. The predicted molar refractivity (Wildman–Crippen MR) is 125 cm³/mol. The normalized spacial score (nSPS) is 36.4. The number of phenols is 1. The number of aliphatic hydroxyl groups excluding tert-OH is 4. The first kappa shape index (κ1) is 27.7. The highest BCUT2D eigenvalue weighted by molar-refractivity contribution is 5.88. The van der Waals surface area contributed by atoms with Crippen molar-refractivity contribution in [2.75, 3.05) is 13.2 Å². The standard InChI is InChI=1S/C25H28O13/c26-9-16-19(29)20(30)21(31)24(37-16)38-23-18-14(15(10-35-23)22(32)33)7-8-25(18,34)11-36-17(28)6-3-12-1-4-13(27)5-2-12/h1-8,10,14,16,18-21,23-24,26-27,29-31,34H,9,11H2,(H,32,33)/t14-,16-,18+,19+,20+,21+,23-,24-,25+/m0/s1. The Bertz CT molecular complexity index is 1110. The lowest BCUT2D eigenvalue weighted by Gasteiger charge is -2.44. The molecule has 206 valence electrons. The molecule has 9 atom stereocenters. The van der Waals surface area contributed by atoms with Crippen LogP contribution in [0.15, 0.2) is 54.3 Å². The number of allylic oxidation sites excluding steroid dienone is 1. The molecule has 1 fully saturated rings. The van der Waals surface area contributed by atoms with Gasteiger partial charge in [0.05, 0.1) is 24.4 Å². The molecule has 13 heteroatoms. The number of carbonyl (C=O) groups excluding carboxylic acids is 1. The molecule has 7 N–H and O–H groups in total. The van der Waals surface area contributed by atoms with E-state index in [0.29, 0.717) is 5.56 Å². The van der Waals surface area contributed by atoms with Gasteiger partial charge in [-0.3, -0.25) is 0 Å². The van der Waals surface area contributed by atoms with Gasteiger partial charge in [0.2, 0.25) is 6.29 Å². The minimum atomic E-state index is -1.97. The molecule has 0 spiro atoms. The number of fused-ring (bicyclic) bond motifs is 1. The molecule has 0 amide bonds. The Morgan fingerprint density at radius 1 is 1.05 bits per heavy atom. The largest absolute Gasteiger partial charge is 0.508 e. The average Bonchev–Trinajstić information content (AvgIpc) is 3.25. The molecule has 0 unspecified atom stereocenters. The molecule has 1 aromatic carbocycles. The van der Waals surface area contributed by atoms with E-state index in [2.05, 4.69) is 0 Å². The van der Waals surface area contributed by atoms with Crippen molar-refractivity contribution in [1.29, 1.82) is 0 Å². The maximum atomic E-state index is 12.3. The minimum absolute atomic E-state index is 0.0551. The van der Waals surface area contributed by atoms with Crippen LogP contribution in [0.2, 0.25) is 0 Å². The third-order valence-electron chi connectivity index (χ3n) is 6.65. The molecule has 38 heavy (non-hydrogen) atoms. The number of hydrogen-bond acceptors (Lipinski definition) is 12. The second kappa shape index (κ2) is 11.2. The number of aliphatic carboxylic acids is 1. The molecule has 13 nitrogen and oxygen atoms in total. The number of benzene rings is 1. The molecule has 2 aliphatic heterocycles. The summed E-state index contributed by atoms with van der Waals surface area (Å²) in [5, 5.41) is 70.1. The topological polar surface area (TPSA) is 213 Å². The lowest BCUT2D eigenvalue weighted by molar-refractivity contribution is -0.346. The van der Waals surface area contributed by atoms with Crippen LogP contribution in [0, 0.1) is 11.8 Å². The first-order valence-electron chi connectivity index (χ1n) is 11.6. The van der Waals surface area contributed by atoms with Crippen molar-refractivity contribution in [3.05, 3.63) is 59.9 Å². The lowest BCUT2D eigenvalue weighted by Crippen LogP contribution is -2.61. The van der Waals surface area contributed by atoms with E-state index in [1.807, 2.05) is 0 Å². The Balaban J connectivity index is 1.50. The highest BCUT2D eigenvalue weighted by Crippen LogP contribution is 2.45. The van der Waals surface area contributed by atoms with Crippen LogP contribution in [0.3, 0.4) is 0 Å². The second-order valence-corrected chi connectivity index (χ2v) is 9.15. The number of hydrogen-bond donors (Lipinski definition) is 7. The van der Waals surface area contributed by atoms with E-state index in [0.717, 1.165) is 12.3 Å². The number of ether oxygens (including phenoxy) is 4. The van der Waals surface area contributed by atoms with Gasteiger partial charge >= 0.3 is 11.9 Å². The van der Waals surface area contributed by atoms with Gasteiger partial charge in [-0.2, -0.15) is 0 Å². The molecule has 1 saturated heterocycles. The van der Waals surface area contributed by atoms with Gasteiger partial charge in [0.15, 0.2) is 6.29 Å². The molecule has 2 heterocycles. The fourth-order valence-electron chi connectivity index (χ4n) is 4.57. The smallest absolute Gasteiger partial charge is 0.335 e. The summed E-state index contributed by atoms with van der Waals surface area (Å²) in [7, 11) is 0. The van der Waals surface area contributed by atoms with Crippen LogP contribution >= 0.6 is 0 Å². The Morgan fingerprint density at radius 3 is 2.42 bits per heavy atom. The Labute approximate surface area is 216 Å². The summed E-state index contributed by atoms with van der Waals surface area (Å²) in [5.74, 6) is -4.23. The molecule has 0 bridgehead atoms. The number of aromatic hydroxyl groups is 1. The highest BCUT2D eigenvalue weighted by atomic mass is 16.8. The fourth-order valence-corrected chi connectivity index (χ4v) is 4.57. The molecule has 0 saturated carbocycles. The van der Waals surface area contributed by atoms with Gasteiger partial charge in [0, 0.05) is 12.0 Å². The number of aliphatic hydroxyl groups is 5. The lowest BCUT2D eigenvalue weighted by atomic mass is 9.79. The van der Waals surface area contributed by atoms with E-state index < -0.39 is 79.6 Å². The number of phenolic OH excluding ortho intramolecular Hbond substituents is 1. The van der Waals surface area contributed by atoms with E-state index in [1.54, 1.807) is 12.1 Å². The molecule has 1 aliphatic carbocycles. The molecule has 0 aromatic heterocycles. The summed E-state index contributed by atoms with van der Waals surface area (Å²) in [6.07, 6.45) is -3.40. The van der Waals surface area contributed by atoms with Crippen LogP contribution < -0.4 is 0 Å². The summed E-state index contributed by atoms with van der Waals surface area (Å²) < 4.78 is 21.6. The van der Waals surface area contributed by atoms with Crippen LogP contribution in [0.25, 0.3) is 6.08 Å². The Morgan fingerprint density at radius 2 is 1.76 bits per heavy atom. The van der Waals surface area contributed by atoms with Crippen LogP contribution in [0.4, 0.5) is 0 Å². The zero-order valence-corrected chi connectivity index (χ0v) is 19.8. The first-order valence-corrected chi connectivity index (χ1v) is 11.6. The highest BCUT2D eigenvalue weighted by Gasteiger charge is 2.56. The van der Waals surface area contributed by atoms with Gasteiger partial charge in [-0.15, -0.1) is 0 Å². The van der Waals surface area contributed by atoms with Crippen molar-refractivity contribution in [2.24, 2.45) is 11.8 Å². The maximum Gasteiger partial charge on any atom is 0.335 e. The number of carboxylic acids is 1. The Kier molecular flexibility index (Phi) is 8.18. The molecule has 4 rings (SSSR count). The zero-order valence-electron chi connectivity index (χ0n) is 19.8. The third-order valence-corrected chi connectivity index (χ3v) is 6.65. The molecule has 1 aromatic rings. The summed E-state index contributed by atoms with van der Waals surface area (Å²) in [4.78, 5) is 24.1. The molecule has 0 radical (unpaired) electrons. The van der Waals surface area contributed by atoms with Crippen molar-refractivity contribution < 1.29 is 64.3 Å². The van der Waals surface area contributed by atoms with E-state index >= 15 is 0 Å². The second-order valence-electron chi connectivity index (χ2n) is 9.15. The van der Waals surface area contributed by atoms with Crippen LogP contribution in [0.1, 0.15) is 5.56 Å². The SMILES string of the molecule is O=C(C=Cc1ccc(O)cc1)OC[C@]1(O)C=C[C@H]2C(C(=O)O)=CO[C@@H](O[C@@H]3O[C@@H](CO)[C@@H](O)[C@@H](O)[C@H]3O)[C@@H]21. The zero-order chi connectivity index (χ0) is 27.6. The number of carboxylic acid groups (broad SMARTS) is 1. The van der Waals surface area contributed by atoms with Crippen molar-refractivity contribution in [2.45, 2.75) is 42.6 Å². The molecular formula is C25H28O13. The number of esters is 1. The maximum absolute atomic E-state index is 12.3. The summed E-state index contributed by atoms with van der Waals surface area (Å²) in [6, 6.07) is 6.00. The number of carbonyl (C=O) groups is 2. The monoisotopic (exact) mass is 536 g/mol. The van der Waals surface area contributed by atoms with Crippen LogP contribution in [0.5, 0.6) is 5.75 Å². The van der Waals surface area contributed by atoms with Crippen molar-refractivity contribution in [3.8, 4) is 5.75 Å². The van der Waals surface area contributed by atoms with Crippen molar-refractivity contribution in [1.82, 2.24) is 0 Å². The third kappa shape index (κ3) is 5.59. The van der Waals surface area contributed by atoms with E-state index in [9.17, 15) is 45.3 Å². The van der Waals surface area contributed by atoms with Crippen molar-refractivity contribution in [3.63, 3.8) is 0 Å². The van der Waals surface area contributed by atoms with Gasteiger partial charge in [-0.1, -0.05) is 24.3 Å². The van der Waals surface area contributed by atoms with Gasteiger partial charge < -0.3 is 54.7 Å². The Hall–Kier alpha value is -3.30. The van der Waals surface area contributed by atoms with Crippen LogP contribution in [-0.4, -0.2) is 103 Å². The van der Waals surface area contributed by atoms with Crippen molar-refractivity contribution >= 4 is 18.0 Å². The predicted octanol–water partition coefficient (Wildman–Crippen LogP) is -1.38. The van der Waals surface area contributed by atoms with Gasteiger partial charge in [-0.25, -0.2) is 9.59 Å². The fraction of sp³-hybridized carbons (Fsp3) is 0.440. The quantitative estimate of drug-likeness (QED) is 0.116. The minimum Gasteiger partial charge on any atom is -0.508 e. The van der Waals surface area contributed by atoms with E-state index in [1.165, 1.54) is 30.4 Å². The van der Waals surface area contributed by atoms with E-state index in [-0.39, 0.29) is 11.3 Å². The average molecular weight is 536 g/mol. The summed E-state index contributed by atoms with van der Waals surface area (Å²) in [5.41, 5.74) is -1.58. The molecule has 3 aliphatic rings. The number of rotatable bonds is 8. The van der Waals surface area contributed by atoms with Gasteiger partial charge in [0.25, 0.3) is 0 Å². The van der Waals surface area contributed by atoms with Crippen LogP contribution in [-0.2, 0) is 28.5 Å². The first-order chi connectivity index (χ1) is 18.0. The molecular weight excluding hydrogens is 508 g/mol. The van der Waals surface area contributed by atoms with Gasteiger partial charge in [0.1, 0.15) is 42.4 Å². The van der Waals surface area contributed by atoms with Gasteiger partial charge in [-0.05, 0) is 23.8 Å². The van der Waals surface area contributed by atoms with E-state index in [4.69, 9.17) is 18.9 Å².